The lowest BCUT2D eigenvalue weighted by molar-refractivity contribution is -0.139. The van der Waals surface area contributed by atoms with E-state index in [-0.39, 0.29) is 37.2 Å². The minimum Gasteiger partial charge on any atom is -0.394 e. The Labute approximate surface area is 291 Å². The van der Waals surface area contributed by atoms with Gasteiger partial charge in [0.05, 0.1) is 49.5 Å². The van der Waals surface area contributed by atoms with E-state index in [1.807, 2.05) is 0 Å². The van der Waals surface area contributed by atoms with Crippen molar-refractivity contribution in [1.82, 2.24) is 28.8 Å². The molecule has 274 valence electrons. The Bertz CT molecular complexity index is 1530. The molecule has 0 radical (unpaired) electrons. The number of hydrogen-bond donors (Lipinski definition) is 2. The molecule has 0 aliphatic carbocycles. The first-order chi connectivity index (χ1) is 23.4. The average molecular weight is 731 g/mol. The van der Waals surface area contributed by atoms with Crippen molar-refractivity contribution in [2.24, 2.45) is 0 Å². The second-order valence-electron chi connectivity index (χ2n) is 13.8. The van der Waals surface area contributed by atoms with Crippen LogP contribution < -0.4 is 0 Å². The summed E-state index contributed by atoms with van der Waals surface area (Å²) in [6.07, 6.45) is 0.682. The number of alkyl halides is 3. The molecule has 0 amide bonds. The number of nitrogens with zero attached hydrogens (tertiary/aromatic N) is 6. The normalized spacial score (nSPS) is 23.3. The molecule has 16 heteroatoms. The van der Waals surface area contributed by atoms with Gasteiger partial charge in [0.1, 0.15) is 0 Å². The number of morpholine rings is 1. The Kier molecular flexibility index (Phi) is 12.0. The van der Waals surface area contributed by atoms with E-state index < -0.39 is 27.9 Å². The Morgan fingerprint density at radius 2 is 1.82 bits per heavy atom. The van der Waals surface area contributed by atoms with Crippen molar-refractivity contribution >= 4 is 21.8 Å². The van der Waals surface area contributed by atoms with Gasteiger partial charge in [-0.25, -0.2) is 8.42 Å². The van der Waals surface area contributed by atoms with E-state index >= 15 is 0 Å². The largest absolute Gasteiger partial charge is 0.417 e. The third-order valence-electron chi connectivity index (χ3n) is 10.3. The molecule has 3 fully saturated rings. The molecule has 2 atom stereocenters. The molecule has 2 N–H and O–H groups in total. The number of aromatic nitrogens is 2. The molecular weight excluding hydrogens is 682 g/mol. The summed E-state index contributed by atoms with van der Waals surface area (Å²) < 4.78 is 76.2. The molecular formula is C33H49F3N6O5S2. The predicted octanol–water partition coefficient (Wildman–Crippen LogP) is 2.59. The smallest absolute Gasteiger partial charge is 0.394 e. The summed E-state index contributed by atoms with van der Waals surface area (Å²) in [7, 11) is -3.52. The predicted molar refractivity (Wildman–Crippen MR) is 182 cm³/mol. The molecule has 49 heavy (non-hydrogen) atoms. The highest BCUT2D eigenvalue weighted by molar-refractivity contribution is 7.99. The number of halogens is 3. The summed E-state index contributed by atoms with van der Waals surface area (Å²) in [5.74, 6) is 0.403. The second kappa shape index (κ2) is 15.9. The Morgan fingerprint density at radius 1 is 1.06 bits per heavy atom. The standard InChI is InChI=1S/C33H49F3N6O5S2/c1-49(45,46)41-13-8-30-28(22-41)32(37-42(30)20-26(44)19-38-11-6-25(7-12-38)40-9-2-3-10-40)24-4-5-29(33(34,35)36)31(18-24)48-17-15-39-14-16-47-27(21-39)23-43/h4-5,18,25-27,43-44H,2-3,6-17,19-23H2,1H3. The van der Waals surface area contributed by atoms with Gasteiger partial charge >= 0.3 is 6.18 Å². The van der Waals surface area contributed by atoms with Gasteiger partial charge in [0, 0.05) is 79.2 Å². The number of benzene rings is 1. The quantitative estimate of drug-likeness (QED) is 0.316. The lowest BCUT2D eigenvalue weighted by atomic mass is 10.0. The average Bonchev–Trinajstić information content (AvgIpc) is 3.73. The van der Waals surface area contributed by atoms with Gasteiger partial charge in [-0.15, -0.1) is 11.8 Å². The van der Waals surface area contributed by atoms with Crippen molar-refractivity contribution in [1.29, 1.82) is 0 Å². The van der Waals surface area contributed by atoms with E-state index in [9.17, 15) is 31.8 Å². The molecule has 0 spiro atoms. The number of rotatable bonds is 12. The van der Waals surface area contributed by atoms with E-state index in [1.165, 1.54) is 42.4 Å². The van der Waals surface area contributed by atoms with Crippen LogP contribution in [0.4, 0.5) is 13.2 Å². The van der Waals surface area contributed by atoms with Crippen molar-refractivity contribution in [2.75, 3.05) is 84.1 Å². The summed E-state index contributed by atoms with van der Waals surface area (Å²) in [5, 5.41) is 25.5. The van der Waals surface area contributed by atoms with Crippen LogP contribution in [-0.4, -0.2) is 150 Å². The number of ether oxygens (including phenoxy) is 1. The molecule has 5 heterocycles. The van der Waals surface area contributed by atoms with Crippen molar-refractivity contribution in [3.05, 3.63) is 35.0 Å². The van der Waals surface area contributed by atoms with Crippen LogP contribution in [-0.2, 0) is 40.4 Å². The Morgan fingerprint density at radius 3 is 2.51 bits per heavy atom. The summed E-state index contributed by atoms with van der Waals surface area (Å²) in [4.78, 5) is 7.04. The number of aliphatic hydroxyl groups excluding tert-OH is 2. The monoisotopic (exact) mass is 730 g/mol. The first-order valence-corrected chi connectivity index (χ1v) is 20.2. The van der Waals surface area contributed by atoms with Crippen LogP contribution in [0.1, 0.15) is 42.5 Å². The van der Waals surface area contributed by atoms with E-state index in [0.29, 0.717) is 67.8 Å². The third-order valence-corrected chi connectivity index (χ3v) is 12.6. The topological polar surface area (TPSA) is 115 Å². The van der Waals surface area contributed by atoms with E-state index in [1.54, 1.807) is 4.68 Å². The number of piperidine rings is 1. The first kappa shape index (κ1) is 37.0. The van der Waals surface area contributed by atoms with E-state index in [4.69, 9.17) is 9.84 Å². The van der Waals surface area contributed by atoms with Gasteiger partial charge in [-0.05, 0) is 64.0 Å². The second-order valence-corrected chi connectivity index (χ2v) is 16.9. The maximum atomic E-state index is 14.2. The third kappa shape index (κ3) is 9.19. The highest BCUT2D eigenvalue weighted by Crippen LogP contribution is 2.40. The number of hydrogen-bond acceptors (Lipinski definition) is 10. The number of β-amino-alcohol motifs (C(OH)–C–C–N with tert-alkyl or cyclic N) is 1. The number of fused-ring (bicyclic) bond motifs is 1. The van der Waals surface area contributed by atoms with Crippen LogP contribution in [0.2, 0.25) is 0 Å². The van der Waals surface area contributed by atoms with Crippen LogP contribution in [0.5, 0.6) is 0 Å². The molecule has 1 aromatic carbocycles. The first-order valence-electron chi connectivity index (χ1n) is 17.4. The number of thioether (sulfide) groups is 1. The zero-order chi connectivity index (χ0) is 34.8. The molecule has 2 aromatic rings. The van der Waals surface area contributed by atoms with Gasteiger partial charge in [-0.1, -0.05) is 6.07 Å². The minimum absolute atomic E-state index is 0.0656. The van der Waals surface area contributed by atoms with Crippen molar-refractivity contribution in [2.45, 2.75) is 74.5 Å². The molecule has 2 unspecified atom stereocenters. The number of likely N-dealkylation sites (tertiary alicyclic amines) is 2. The van der Waals surface area contributed by atoms with Crippen LogP contribution >= 0.6 is 11.8 Å². The molecule has 1 aromatic heterocycles. The zero-order valence-electron chi connectivity index (χ0n) is 28.2. The molecule has 4 aliphatic heterocycles. The Hall–Kier alpha value is -1.76. The van der Waals surface area contributed by atoms with Gasteiger partial charge in [-0.3, -0.25) is 9.58 Å². The fourth-order valence-electron chi connectivity index (χ4n) is 7.66. The highest BCUT2D eigenvalue weighted by Gasteiger charge is 2.36. The fraction of sp³-hybridized carbons (Fsp3) is 0.727. The number of sulfonamides is 1. The molecule has 0 bridgehead atoms. The molecule has 4 aliphatic rings. The Balaban J connectivity index is 1.20. The van der Waals surface area contributed by atoms with Gasteiger partial charge in [0.2, 0.25) is 10.0 Å². The van der Waals surface area contributed by atoms with Crippen molar-refractivity contribution in [3.63, 3.8) is 0 Å². The minimum atomic E-state index is -4.55. The lowest BCUT2D eigenvalue weighted by Crippen LogP contribution is -2.46. The molecule has 11 nitrogen and oxygen atoms in total. The maximum Gasteiger partial charge on any atom is 0.417 e. The van der Waals surface area contributed by atoms with Crippen molar-refractivity contribution < 1.29 is 36.5 Å². The van der Waals surface area contributed by atoms with Crippen molar-refractivity contribution in [3.8, 4) is 11.3 Å². The maximum absolute atomic E-state index is 14.2. The SMILES string of the molecule is CS(=O)(=O)N1CCc2c(c(-c3ccc(C(F)(F)F)c(SCCN4CCOC(CO)C4)c3)nn2CC(O)CN2CCC(N3CCCC3)CC2)C1. The molecule has 6 rings (SSSR count). The van der Waals surface area contributed by atoms with Gasteiger partial charge in [0.25, 0.3) is 0 Å². The highest BCUT2D eigenvalue weighted by atomic mass is 32.2. The summed E-state index contributed by atoms with van der Waals surface area (Å²) in [5.41, 5.74) is 1.66. The van der Waals surface area contributed by atoms with Gasteiger partial charge < -0.3 is 24.7 Å². The molecule has 0 saturated carbocycles. The van der Waals surface area contributed by atoms with E-state index in [0.717, 1.165) is 55.7 Å². The van der Waals surface area contributed by atoms with Crippen LogP contribution in [0, 0.1) is 0 Å². The summed E-state index contributed by atoms with van der Waals surface area (Å²) >= 11 is 1.12. The summed E-state index contributed by atoms with van der Waals surface area (Å²) in [6, 6.07) is 4.61. The van der Waals surface area contributed by atoms with Gasteiger partial charge in [-0.2, -0.15) is 22.6 Å². The van der Waals surface area contributed by atoms with Crippen LogP contribution in [0.3, 0.4) is 0 Å². The van der Waals surface area contributed by atoms with Crippen LogP contribution in [0.15, 0.2) is 23.1 Å². The fourth-order valence-corrected chi connectivity index (χ4v) is 9.57. The zero-order valence-corrected chi connectivity index (χ0v) is 29.8. The summed E-state index contributed by atoms with van der Waals surface area (Å²) in [6.45, 7) is 7.29. The lowest BCUT2D eigenvalue weighted by Gasteiger charge is -2.37. The van der Waals surface area contributed by atoms with E-state index in [2.05, 4.69) is 14.7 Å². The number of aliphatic hydroxyl groups is 2. The van der Waals surface area contributed by atoms with Gasteiger partial charge in [0.15, 0.2) is 0 Å². The van der Waals surface area contributed by atoms with Crippen LogP contribution in [0.25, 0.3) is 11.3 Å². The molecule has 3 saturated heterocycles.